The van der Waals surface area contributed by atoms with Gasteiger partial charge in [-0.3, -0.25) is 0 Å². The van der Waals surface area contributed by atoms with Gasteiger partial charge in [0.25, 0.3) is 0 Å². The van der Waals surface area contributed by atoms with Crippen molar-refractivity contribution >= 4 is 5.82 Å². The fraction of sp³-hybridized carbons (Fsp3) is 0.600. The highest BCUT2D eigenvalue weighted by molar-refractivity contribution is 5.38. The minimum Gasteiger partial charge on any atom is -0.383 e. The Hall–Kier alpha value is -1.12. The molecule has 0 aliphatic heterocycles. The molecule has 3 heteroatoms. The average molecular weight is 179 g/mol. The van der Waals surface area contributed by atoms with Crippen LogP contribution in [-0.2, 0) is 11.8 Å². The van der Waals surface area contributed by atoms with E-state index < -0.39 is 0 Å². The van der Waals surface area contributed by atoms with Crippen LogP contribution in [0.5, 0.6) is 0 Å². The second kappa shape index (κ2) is 3.32. The Bertz CT molecular complexity index is 300. The van der Waals surface area contributed by atoms with Crippen molar-refractivity contribution in [3.05, 3.63) is 17.6 Å². The maximum Gasteiger partial charge on any atom is 0.135 e. The Kier molecular flexibility index (Phi) is 2.55. The number of rotatable bonds is 1. The number of hydrogen-bond acceptors (Lipinski definition) is 3. The maximum atomic E-state index is 5.78. The lowest BCUT2D eigenvalue weighted by molar-refractivity contribution is 0.545. The van der Waals surface area contributed by atoms with Gasteiger partial charge in [0.1, 0.15) is 11.6 Å². The Morgan fingerprint density at radius 1 is 1.38 bits per heavy atom. The summed E-state index contributed by atoms with van der Waals surface area (Å²) in [7, 11) is 0. The molecule has 0 aliphatic carbocycles. The second-order valence-electron chi connectivity index (χ2n) is 4.21. The molecule has 0 amide bonds. The Morgan fingerprint density at radius 3 is 2.38 bits per heavy atom. The molecule has 0 bridgehead atoms. The lowest BCUT2D eigenvalue weighted by Crippen LogP contribution is -2.17. The van der Waals surface area contributed by atoms with Crippen LogP contribution in [0.25, 0.3) is 0 Å². The molecule has 0 fully saturated rings. The quantitative estimate of drug-likeness (QED) is 0.716. The SMILES string of the molecule is CCc1cnc(C(C)(C)C)nc1N. The molecule has 0 aromatic carbocycles. The van der Waals surface area contributed by atoms with Crippen molar-refractivity contribution in [3.63, 3.8) is 0 Å². The van der Waals surface area contributed by atoms with E-state index in [9.17, 15) is 0 Å². The highest BCUT2D eigenvalue weighted by Crippen LogP contribution is 2.19. The van der Waals surface area contributed by atoms with E-state index in [0.29, 0.717) is 5.82 Å². The summed E-state index contributed by atoms with van der Waals surface area (Å²) in [6, 6.07) is 0. The zero-order valence-electron chi connectivity index (χ0n) is 8.76. The first-order valence-corrected chi connectivity index (χ1v) is 4.57. The van der Waals surface area contributed by atoms with E-state index in [1.54, 1.807) is 0 Å². The fourth-order valence-electron chi connectivity index (χ4n) is 1.05. The number of aromatic nitrogens is 2. The molecule has 13 heavy (non-hydrogen) atoms. The zero-order chi connectivity index (χ0) is 10.1. The van der Waals surface area contributed by atoms with Crippen LogP contribution in [0.3, 0.4) is 0 Å². The first-order valence-electron chi connectivity index (χ1n) is 4.57. The normalized spacial score (nSPS) is 11.7. The predicted octanol–water partition coefficient (Wildman–Crippen LogP) is 1.92. The van der Waals surface area contributed by atoms with Gasteiger partial charge >= 0.3 is 0 Å². The molecule has 1 aromatic heterocycles. The van der Waals surface area contributed by atoms with E-state index in [2.05, 4.69) is 30.7 Å². The summed E-state index contributed by atoms with van der Waals surface area (Å²) in [5, 5.41) is 0. The van der Waals surface area contributed by atoms with Gasteiger partial charge in [-0.1, -0.05) is 27.7 Å². The molecule has 1 heterocycles. The van der Waals surface area contributed by atoms with Gasteiger partial charge < -0.3 is 5.73 Å². The molecule has 72 valence electrons. The molecule has 0 saturated heterocycles. The van der Waals surface area contributed by atoms with Crippen LogP contribution in [0.4, 0.5) is 5.82 Å². The first kappa shape index (κ1) is 9.96. The van der Waals surface area contributed by atoms with E-state index in [0.717, 1.165) is 17.8 Å². The van der Waals surface area contributed by atoms with Crippen molar-refractivity contribution in [2.24, 2.45) is 0 Å². The van der Waals surface area contributed by atoms with E-state index in [4.69, 9.17) is 5.73 Å². The van der Waals surface area contributed by atoms with E-state index in [-0.39, 0.29) is 5.41 Å². The minimum atomic E-state index is -0.0274. The second-order valence-corrected chi connectivity index (χ2v) is 4.21. The lowest BCUT2D eigenvalue weighted by atomic mass is 9.95. The van der Waals surface area contributed by atoms with Crippen molar-refractivity contribution in [2.75, 3.05) is 5.73 Å². The van der Waals surface area contributed by atoms with Gasteiger partial charge in [0.15, 0.2) is 0 Å². The predicted molar refractivity (Wildman–Crippen MR) is 54.5 cm³/mol. The third-order valence-corrected chi connectivity index (χ3v) is 1.95. The standard InChI is InChI=1S/C10H17N3/c1-5-7-6-12-9(10(2,3)4)13-8(7)11/h6H,5H2,1-4H3,(H2,11,12,13). The summed E-state index contributed by atoms with van der Waals surface area (Å²) >= 11 is 0. The molecular weight excluding hydrogens is 162 g/mol. The van der Waals surface area contributed by atoms with Crippen LogP contribution in [0.1, 0.15) is 39.1 Å². The molecule has 0 unspecified atom stereocenters. The Balaban J connectivity index is 3.10. The topological polar surface area (TPSA) is 51.8 Å². The lowest BCUT2D eigenvalue weighted by Gasteiger charge is -2.17. The molecule has 0 radical (unpaired) electrons. The number of nitrogen functional groups attached to an aromatic ring is 1. The molecule has 1 rings (SSSR count). The van der Waals surface area contributed by atoms with Gasteiger partial charge in [0, 0.05) is 17.2 Å². The summed E-state index contributed by atoms with van der Waals surface area (Å²) in [4.78, 5) is 8.57. The molecule has 0 spiro atoms. The van der Waals surface area contributed by atoms with Crippen LogP contribution in [0, 0.1) is 0 Å². The third kappa shape index (κ3) is 2.17. The molecule has 0 atom stereocenters. The van der Waals surface area contributed by atoms with Crippen molar-refractivity contribution < 1.29 is 0 Å². The zero-order valence-corrected chi connectivity index (χ0v) is 8.76. The van der Waals surface area contributed by atoms with Crippen LogP contribution in [0.2, 0.25) is 0 Å². The van der Waals surface area contributed by atoms with Crippen LogP contribution in [-0.4, -0.2) is 9.97 Å². The molecule has 0 saturated carbocycles. The van der Waals surface area contributed by atoms with Crippen LogP contribution in [0.15, 0.2) is 6.20 Å². The highest BCUT2D eigenvalue weighted by Gasteiger charge is 2.17. The number of hydrogen-bond donors (Lipinski definition) is 1. The number of nitrogens with two attached hydrogens (primary N) is 1. The highest BCUT2D eigenvalue weighted by atomic mass is 15.0. The van der Waals surface area contributed by atoms with Crippen LogP contribution < -0.4 is 5.73 Å². The molecule has 1 aromatic rings. The summed E-state index contributed by atoms with van der Waals surface area (Å²) in [6.07, 6.45) is 2.71. The first-order chi connectivity index (χ1) is 5.95. The van der Waals surface area contributed by atoms with Gasteiger partial charge in [-0.15, -0.1) is 0 Å². The molecule has 2 N–H and O–H groups in total. The third-order valence-electron chi connectivity index (χ3n) is 1.95. The van der Waals surface area contributed by atoms with Crippen molar-refractivity contribution in [2.45, 2.75) is 39.5 Å². The van der Waals surface area contributed by atoms with Crippen molar-refractivity contribution in [1.29, 1.82) is 0 Å². The number of anilines is 1. The maximum absolute atomic E-state index is 5.78. The average Bonchev–Trinajstić information content (AvgIpc) is 2.02. The van der Waals surface area contributed by atoms with E-state index in [1.165, 1.54) is 0 Å². The minimum absolute atomic E-state index is 0.0274. The Labute approximate surface area is 79.4 Å². The fourth-order valence-corrected chi connectivity index (χ4v) is 1.05. The van der Waals surface area contributed by atoms with Gasteiger partial charge in [-0.05, 0) is 6.42 Å². The summed E-state index contributed by atoms with van der Waals surface area (Å²) < 4.78 is 0. The van der Waals surface area contributed by atoms with E-state index in [1.807, 2.05) is 13.1 Å². The van der Waals surface area contributed by atoms with E-state index >= 15 is 0 Å². The van der Waals surface area contributed by atoms with Gasteiger partial charge in [0.05, 0.1) is 0 Å². The molecule has 0 aliphatic rings. The smallest absolute Gasteiger partial charge is 0.135 e. The Morgan fingerprint density at radius 2 is 2.00 bits per heavy atom. The molecular formula is C10H17N3. The molecule has 3 nitrogen and oxygen atoms in total. The van der Waals surface area contributed by atoms with Gasteiger partial charge in [-0.2, -0.15) is 0 Å². The van der Waals surface area contributed by atoms with Gasteiger partial charge in [-0.25, -0.2) is 9.97 Å². The monoisotopic (exact) mass is 179 g/mol. The van der Waals surface area contributed by atoms with Gasteiger partial charge in [0.2, 0.25) is 0 Å². The summed E-state index contributed by atoms with van der Waals surface area (Å²) in [5.74, 6) is 1.42. The summed E-state index contributed by atoms with van der Waals surface area (Å²) in [6.45, 7) is 8.28. The van der Waals surface area contributed by atoms with Crippen molar-refractivity contribution in [1.82, 2.24) is 9.97 Å². The summed E-state index contributed by atoms with van der Waals surface area (Å²) in [5.41, 5.74) is 6.77. The van der Waals surface area contributed by atoms with Crippen LogP contribution >= 0.6 is 0 Å². The van der Waals surface area contributed by atoms with Crippen molar-refractivity contribution in [3.8, 4) is 0 Å². The number of aryl methyl sites for hydroxylation is 1. The largest absolute Gasteiger partial charge is 0.383 e. The number of nitrogens with zero attached hydrogens (tertiary/aromatic N) is 2.